The van der Waals surface area contributed by atoms with Crippen molar-refractivity contribution < 1.29 is 33.4 Å². The Morgan fingerprint density at radius 2 is 1.42 bits per heavy atom. The number of nitrogens with one attached hydrogen (secondary N) is 2. The van der Waals surface area contributed by atoms with Gasteiger partial charge in [0.15, 0.2) is 0 Å². The zero-order valence-electron chi connectivity index (χ0n) is 40.0. The molecule has 12 nitrogen and oxygen atoms in total. The van der Waals surface area contributed by atoms with Crippen molar-refractivity contribution in [3.05, 3.63) is 81.8 Å². The van der Waals surface area contributed by atoms with Crippen molar-refractivity contribution >= 4 is 58.2 Å². The van der Waals surface area contributed by atoms with Crippen LogP contribution in [0.25, 0.3) is 10.8 Å². The van der Waals surface area contributed by atoms with Gasteiger partial charge in [-0.25, -0.2) is 14.4 Å². The first-order valence-corrected chi connectivity index (χ1v) is 23.5. The molecule has 0 aromatic heterocycles. The summed E-state index contributed by atoms with van der Waals surface area (Å²) in [5.74, 6) is 0.405. The summed E-state index contributed by atoms with van der Waals surface area (Å²) in [7, 11) is 0. The van der Waals surface area contributed by atoms with E-state index in [1.807, 2.05) is 65.8 Å². The Morgan fingerprint density at radius 3 is 2.06 bits per heavy atom. The molecule has 0 saturated carbocycles. The van der Waals surface area contributed by atoms with Crippen LogP contribution in [0.15, 0.2) is 60.7 Å². The molecule has 3 aromatic rings. The van der Waals surface area contributed by atoms with Crippen molar-refractivity contribution in [2.75, 3.05) is 39.3 Å². The number of hydrogen-bond acceptors (Lipinski definition) is 8. The second-order valence-corrected chi connectivity index (χ2v) is 21.3. The molecule has 64 heavy (non-hydrogen) atoms. The summed E-state index contributed by atoms with van der Waals surface area (Å²) in [4.78, 5) is 59.8. The van der Waals surface area contributed by atoms with E-state index in [4.69, 9.17) is 37.4 Å². The van der Waals surface area contributed by atoms with Crippen LogP contribution in [0, 0.1) is 5.92 Å². The van der Waals surface area contributed by atoms with Crippen molar-refractivity contribution in [1.29, 1.82) is 0 Å². The highest BCUT2D eigenvalue weighted by Gasteiger charge is 2.38. The Hall–Kier alpha value is -4.26. The molecule has 0 unspecified atom stereocenters. The van der Waals surface area contributed by atoms with E-state index < -0.39 is 41.1 Å². The smallest absolute Gasteiger partial charge is 0.410 e. The van der Waals surface area contributed by atoms with Crippen LogP contribution in [0.4, 0.5) is 14.4 Å². The highest BCUT2D eigenvalue weighted by molar-refractivity contribution is 6.35. The highest BCUT2D eigenvalue weighted by atomic mass is 35.5. The average Bonchev–Trinajstić information content (AvgIpc) is 3.15. The van der Waals surface area contributed by atoms with E-state index in [-0.39, 0.29) is 37.5 Å². The zero-order valence-corrected chi connectivity index (χ0v) is 41.5. The first-order chi connectivity index (χ1) is 29.8. The van der Waals surface area contributed by atoms with Crippen LogP contribution < -0.4 is 10.6 Å². The van der Waals surface area contributed by atoms with Crippen LogP contribution >= 0.6 is 23.2 Å². The topological polar surface area (TPSA) is 130 Å². The molecule has 14 heteroatoms. The molecule has 2 N–H and O–H groups in total. The molecule has 354 valence electrons. The van der Waals surface area contributed by atoms with E-state index in [0.717, 1.165) is 34.7 Å². The van der Waals surface area contributed by atoms with Crippen molar-refractivity contribution in [3.63, 3.8) is 0 Å². The number of benzene rings is 3. The van der Waals surface area contributed by atoms with Gasteiger partial charge in [-0.15, -0.1) is 0 Å². The number of nitrogens with zero attached hydrogens (tertiary/aromatic N) is 3. The third-order valence-electron chi connectivity index (χ3n) is 10.6. The summed E-state index contributed by atoms with van der Waals surface area (Å²) in [6.07, 6.45) is 2.08. The SMILES string of the molecule is CC(C)C[C@@H]1CN(C[C@@H](Cc2ccc(Cl)cc2Cl)NC(=O)OC(C)(C)C)[C@@H](CCCCN(CCNC(=O)OC(C)(C)C)C(=O)OC(C)(C)C)CN1C(=O)Cc1ccc2ccccc2c1. The third kappa shape index (κ3) is 18.3. The molecule has 1 fully saturated rings. The van der Waals surface area contributed by atoms with Gasteiger partial charge in [0, 0.05) is 67.4 Å². The molecule has 1 saturated heterocycles. The van der Waals surface area contributed by atoms with Gasteiger partial charge >= 0.3 is 18.3 Å². The van der Waals surface area contributed by atoms with E-state index in [1.165, 1.54) is 0 Å². The number of fused-ring (bicyclic) bond motifs is 1. The minimum atomic E-state index is -0.702. The monoisotopic (exact) mass is 925 g/mol. The summed E-state index contributed by atoms with van der Waals surface area (Å²) in [5.41, 5.74) is -0.243. The normalized spacial score (nSPS) is 16.6. The number of halogens is 2. The third-order valence-corrected chi connectivity index (χ3v) is 11.2. The number of piperazine rings is 1. The highest BCUT2D eigenvalue weighted by Crippen LogP contribution is 2.28. The molecule has 1 aliphatic heterocycles. The fourth-order valence-electron chi connectivity index (χ4n) is 7.97. The molecule has 4 amide bonds. The minimum absolute atomic E-state index is 0.0642. The molecule has 0 aliphatic carbocycles. The number of rotatable bonds is 17. The maximum Gasteiger partial charge on any atom is 0.410 e. The van der Waals surface area contributed by atoms with Crippen LogP contribution in [-0.2, 0) is 31.8 Å². The molecule has 1 aliphatic rings. The molecule has 3 atom stereocenters. The Kier molecular flexibility index (Phi) is 19.0. The number of ether oxygens (including phenoxy) is 3. The maximum absolute atomic E-state index is 14.5. The van der Waals surface area contributed by atoms with E-state index in [9.17, 15) is 19.2 Å². The predicted octanol–water partition coefficient (Wildman–Crippen LogP) is 10.7. The first-order valence-electron chi connectivity index (χ1n) is 22.7. The molecule has 3 aromatic carbocycles. The number of amides is 4. The lowest BCUT2D eigenvalue weighted by Crippen LogP contribution is -2.62. The van der Waals surface area contributed by atoms with Gasteiger partial charge in [-0.2, -0.15) is 0 Å². The van der Waals surface area contributed by atoms with Crippen molar-refractivity contribution in [2.24, 2.45) is 5.92 Å². The molecular weight excluding hydrogens is 853 g/mol. The summed E-state index contributed by atoms with van der Waals surface area (Å²) in [5, 5.41) is 9.16. The fraction of sp³-hybridized carbons (Fsp3) is 0.600. The Bertz CT molecular complexity index is 2030. The van der Waals surface area contributed by atoms with Crippen molar-refractivity contribution in [3.8, 4) is 0 Å². The molecular formula is C50H73Cl2N5O7. The van der Waals surface area contributed by atoms with Crippen molar-refractivity contribution in [1.82, 2.24) is 25.3 Å². The van der Waals surface area contributed by atoms with Gasteiger partial charge in [0.05, 0.1) is 6.42 Å². The number of carbonyl (C=O) groups excluding carboxylic acids is 4. The number of alkyl carbamates (subject to hydrolysis) is 2. The lowest BCUT2D eigenvalue weighted by atomic mass is 9.93. The Labute approximate surface area is 392 Å². The van der Waals surface area contributed by atoms with Crippen LogP contribution in [0.3, 0.4) is 0 Å². The van der Waals surface area contributed by atoms with Gasteiger partial charge in [0.1, 0.15) is 16.8 Å². The largest absolute Gasteiger partial charge is 0.444 e. The molecule has 0 radical (unpaired) electrons. The molecule has 4 rings (SSSR count). The van der Waals surface area contributed by atoms with E-state index in [2.05, 4.69) is 58.5 Å². The van der Waals surface area contributed by atoms with Gasteiger partial charge in [-0.1, -0.05) is 92.0 Å². The molecule has 0 bridgehead atoms. The second-order valence-electron chi connectivity index (χ2n) is 20.5. The number of carbonyl (C=O) groups is 4. The van der Waals surface area contributed by atoms with Gasteiger partial charge in [0.25, 0.3) is 0 Å². The first kappa shape index (κ1) is 52.4. The van der Waals surface area contributed by atoms with Gasteiger partial charge < -0.3 is 34.6 Å². The van der Waals surface area contributed by atoms with E-state index in [1.54, 1.807) is 37.8 Å². The zero-order chi connectivity index (χ0) is 47.4. The predicted molar refractivity (Wildman–Crippen MR) is 257 cm³/mol. The van der Waals surface area contributed by atoms with E-state index >= 15 is 0 Å². The summed E-state index contributed by atoms with van der Waals surface area (Å²) < 4.78 is 16.9. The van der Waals surface area contributed by atoms with Gasteiger partial charge in [-0.05, 0) is 128 Å². The Balaban J connectivity index is 1.61. The van der Waals surface area contributed by atoms with Gasteiger partial charge in [-0.3, -0.25) is 9.69 Å². The lowest BCUT2D eigenvalue weighted by Gasteiger charge is -2.48. The van der Waals surface area contributed by atoms with Crippen molar-refractivity contribution in [2.45, 2.75) is 150 Å². The molecule has 0 spiro atoms. The minimum Gasteiger partial charge on any atom is -0.444 e. The van der Waals surface area contributed by atoms with Crippen LogP contribution in [0.2, 0.25) is 10.0 Å². The standard InChI is InChI=1S/C50H73Cl2N5O7/c1-34(2)26-42-32-56(31-40(54-46(60)63-49(6,7)8)29-38-21-22-39(51)30-43(38)52)41(33-57(42)44(58)28-35-19-20-36-16-12-13-17-37(36)27-35)18-14-15-24-55(47(61)64-50(9,10)11)25-23-53-45(59)62-48(3,4)5/h12-13,16-17,19-22,27,30,34,40-42H,14-15,18,23-26,28-29,31-33H2,1-11H3,(H,53,59)(H,54,60)/t40-,41+,42-/m1/s1. The van der Waals surface area contributed by atoms with Crippen LogP contribution in [0.1, 0.15) is 113 Å². The number of hydrogen-bond donors (Lipinski definition) is 2. The average molecular weight is 927 g/mol. The molecule has 1 heterocycles. The van der Waals surface area contributed by atoms with Gasteiger partial charge in [0.2, 0.25) is 5.91 Å². The quantitative estimate of drug-likeness (QED) is 0.101. The van der Waals surface area contributed by atoms with E-state index in [0.29, 0.717) is 61.4 Å². The lowest BCUT2D eigenvalue weighted by molar-refractivity contribution is -0.138. The number of unbranched alkanes of at least 4 members (excludes halogenated alkanes) is 1. The second kappa shape index (κ2) is 23.3. The summed E-state index contributed by atoms with van der Waals surface area (Å²) in [6, 6.07) is 19.2. The summed E-state index contributed by atoms with van der Waals surface area (Å²) >= 11 is 13.0. The Morgan fingerprint density at radius 1 is 0.766 bits per heavy atom. The fourth-order valence-corrected chi connectivity index (χ4v) is 8.45. The van der Waals surface area contributed by atoms with Crippen LogP contribution in [0.5, 0.6) is 0 Å². The van der Waals surface area contributed by atoms with Crippen LogP contribution in [-0.4, -0.2) is 113 Å². The maximum atomic E-state index is 14.5. The summed E-state index contributed by atoms with van der Waals surface area (Å²) in [6.45, 7) is 23.1.